The van der Waals surface area contributed by atoms with Crippen molar-refractivity contribution in [3.63, 3.8) is 0 Å². The van der Waals surface area contributed by atoms with Crippen LogP contribution in [0.25, 0.3) is 22.7 Å². The molecule has 116 valence electrons. The van der Waals surface area contributed by atoms with Crippen LogP contribution in [0, 0.1) is 0 Å². The van der Waals surface area contributed by atoms with Gasteiger partial charge in [-0.1, -0.05) is 36.0 Å². The first-order chi connectivity index (χ1) is 11.5. The summed E-state index contributed by atoms with van der Waals surface area (Å²) in [6, 6.07) is 0. The Morgan fingerprint density at radius 1 is 1.17 bits per heavy atom. The van der Waals surface area contributed by atoms with Gasteiger partial charge in [0.15, 0.2) is 0 Å². The van der Waals surface area contributed by atoms with Gasteiger partial charge in [-0.25, -0.2) is 4.79 Å². The number of allylic oxidation sites excluding steroid dienone is 7. The lowest BCUT2D eigenvalue weighted by atomic mass is 9.93. The van der Waals surface area contributed by atoms with Crippen molar-refractivity contribution in [2.75, 3.05) is 0 Å². The first kappa shape index (κ1) is 12.7. The molecule has 23 heavy (non-hydrogen) atoms. The molecule has 1 unspecified atom stereocenters. The van der Waals surface area contributed by atoms with Gasteiger partial charge in [-0.15, -0.1) is 0 Å². The quantitative estimate of drug-likeness (QED) is 0.751. The lowest BCUT2D eigenvalue weighted by molar-refractivity contribution is 0.554. The molecule has 0 radical (unpaired) electrons. The smallest absolute Gasteiger partial charge is 0.333 e. The zero-order chi connectivity index (χ0) is 17.0. The normalized spacial score (nSPS) is 21.7. The fourth-order valence-electron chi connectivity index (χ4n) is 3.11. The summed E-state index contributed by atoms with van der Waals surface area (Å²) in [6.07, 6.45) is 11.2. The van der Waals surface area contributed by atoms with Crippen molar-refractivity contribution in [3.8, 4) is 0 Å². The minimum Gasteiger partial charge on any atom is -0.439 e. The Hall–Kier alpha value is -2.82. The third-order valence-corrected chi connectivity index (χ3v) is 4.31. The Labute approximate surface area is 133 Å². The van der Waals surface area contributed by atoms with Crippen LogP contribution in [-0.2, 0) is 14.1 Å². The number of fused-ring (bicyclic) bond motifs is 6. The second-order valence-electron chi connectivity index (χ2n) is 5.75. The van der Waals surface area contributed by atoms with Gasteiger partial charge in [0.05, 0.1) is 0 Å². The highest BCUT2D eigenvalue weighted by Gasteiger charge is 2.24. The van der Waals surface area contributed by atoms with Crippen LogP contribution in [0.1, 0.15) is 25.5 Å². The van der Waals surface area contributed by atoms with Gasteiger partial charge in [-0.2, -0.15) is 0 Å². The van der Waals surface area contributed by atoms with E-state index in [0.29, 0.717) is 23.1 Å². The fourth-order valence-corrected chi connectivity index (χ4v) is 3.11. The zero-order valence-electron chi connectivity index (χ0n) is 13.9. The molecule has 0 N–H and O–H groups in total. The van der Waals surface area contributed by atoms with Gasteiger partial charge in [0.1, 0.15) is 11.1 Å². The Kier molecular flexibility index (Phi) is 2.67. The number of hydrogen-bond donors (Lipinski definition) is 0. The van der Waals surface area contributed by atoms with E-state index in [9.17, 15) is 9.59 Å². The number of nitrogens with zero attached hydrogens (tertiary/aromatic N) is 2. The third-order valence-electron chi connectivity index (χ3n) is 4.31. The summed E-state index contributed by atoms with van der Waals surface area (Å²) in [7, 11) is 3.05. The minimum atomic E-state index is -0.468. The van der Waals surface area contributed by atoms with Crippen molar-refractivity contribution in [1.82, 2.24) is 9.13 Å². The molecule has 0 saturated carbocycles. The summed E-state index contributed by atoms with van der Waals surface area (Å²) in [5, 5.41) is 0.406. The number of rotatable bonds is 0. The van der Waals surface area contributed by atoms with Gasteiger partial charge in [0.25, 0.3) is 5.56 Å². The monoisotopic (exact) mass is 309 g/mol. The highest BCUT2D eigenvalue weighted by molar-refractivity contribution is 5.94. The molecule has 0 amide bonds. The maximum Gasteiger partial charge on any atom is 0.333 e. The predicted molar refractivity (Wildman–Crippen MR) is 90.2 cm³/mol. The molecule has 2 bridgehead atoms. The van der Waals surface area contributed by atoms with Gasteiger partial charge >= 0.3 is 5.69 Å². The molecule has 5 nitrogen and oxygen atoms in total. The minimum absolute atomic E-state index is 0.265. The fraction of sp³-hybridized carbons (Fsp3) is 0.222. The van der Waals surface area contributed by atoms with Crippen LogP contribution in [-0.4, -0.2) is 9.13 Å². The highest BCUT2D eigenvalue weighted by Crippen LogP contribution is 2.36. The molecular weight excluding hydrogens is 292 g/mol. The molecule has 2 aromatic heterocycles. The van der Waals surface area contributed by atoms with E-state index in [1.807, 2.05) is 24.3 Å². The van der Waals surface area contributed by atoms with E-state index in [4.69, 9.17) is 5.79 Å². The number of aromatic nitrogens is 2. The van der Waals surface area contributed by atoms with Gasteiger partial charge in [-0.3, -0.25) is 13.9 Å². The van der Waals surface area contributed by atoms with E-state index in [0.717, 1.165) is 15.7 Å². The summed E-state index contributed by atoms with van der Waals surface area (Å²) in [6.45, 7) is 0. The summed E-state index contributed by atoms with van der Waals surface area (Å²) in [4.78, 5) is 24.9. The van der Waals surface area contributed by atoms with Gasteiger partial charge in [0.2, 0.25) is 5.71 Å². The van der Waals surface area contributed by atoms with E-state index in [1.54, 1.807) is 19.2 Å². The van der Waals surface area contributed by atoms with E-state index in [2.05, 4.69) is 0 Å². The van der Waals surface area contributed by atoms with Crippen molar-refractivity contribution in [2.45, 2.75) is 12.8 Å². The van der Waals surface area contributed by atoms with Crippen molar-refractivity contribution < 1.29 is 5.79 Å². The average molecular weight is 309 g/mol. The molecule has 0 fully saturated rings. The molecular formula is C18H16N2O3. The Morgan fingerprint density at radius 3 is 2.78 bits per heavy atom. The molecule has 2 aromatic rings. The first-order valence-corrected chi connectivity index (χ1v) is 7.38. The Morgan fingerprint density at radius 2 is 1.96 bits per heavy atom. The molecule has 1 atom stereocenters. The van der Waals surface area contributed by atoms with Gasteiger partial charge < -0.3 is 4.42 Å². The van der Waals surface area contributed by atoms with Crippen LogP contribution in [0.4, 0.5) is 0 Å². The van der Waals surface area contributed by atoms with Crippen LogP contribution in [0.2, 0.25) is 0 Å². The highest BCUT2D eigenvalue weighted by atomic mass is 16.3. The maximum absolute atomic E-state index is 12.7. The molecule has 2 heterocycles. The van der Waals surface area contributed by atoms with Gasteiger partial charge in [-0.05, 0) is 24.5 Å². The van der Waals surface area contributed by atoms with Crippen LogP contribution >= 0.6 is 0 Å². The van der Waals surface area contributed by atoms with E-state index < -0.39 is 12.1 Å². The summed E-state index contributed by atoms with van der Waals surface area (Å²) >= 11 is 0. The first-order valence-electron chi connectivity index (χ1n) is 7.96. The SMILES string of the molecule is [2H]C1/C=C\c2oc3c(c2C2=CC=CC=C1C2)c(=O)n(C)c(=O)n3C. The van der Waals surface area contributed by atoms with Crippen LogP contribution < -0.4 is 11.2 Å². The third kappa shape index (κ3) is 1.93. The number of aryl methyl sites for hydroxylation is 1. The van der Waals surface area contributed by atoms with Crippen LogP contribution in [0.5, 0.6) is 0 Å². The molecule has 4 rings (SSSR count). The van der Waals surface area contributed by atoms with Crippen LogP contribution in [0.3, 0.4) is 0 Å². The maximum atomic E-state index is 12.7. The number of hydrogen-bond acceptors (Lipinski definition) is 3. The van der Waals surface area contributed by atoms with E-state index in [-0.39, 0.29) is 11.3 Å². The molecule has 2 aliphatic rings. The average Bonchev–Trinajstić information content (AvgIpc) is 2.76. The summed E-state index contributed by atoms with van der Waals surface area (Å²) in [5.74, 6) is 0.515. The second kappa shape index (κ2) is 4.84. The van der Waals surface area contributed by atoms with Crippen molar-refractivity contribution in [1.29, 1.82) is 0 Å². The topological polar surface area (TPSA) is 57.1 Å². The van der Waals surface area contributed by atoms with Crippen LogP contribution in [0.15, 0.2) is 50.0 Å². The van der Waals surface area contributed by atoms with E-state index >= 15 is 0 Å². The standard InChI is InChI=1S/C18H16N2O3/c1-19-16(21)15-14-12-8-4-3-6-11(10-12)7-5-9-13(14)23-17(15)20(2)18(19)22/h3-6,8-9H,7,10H2,1-2H3/b9-5-/i7D. The predicted octanol–water partition coefficient (Wildman–Crippen LogP) is 2.52. The second-order valence-corrected chi connectivity index (χ2v) is 5.75. The Balaban J connectivity index is 2.19. The lowest BCUT2D eigenvalue weighted by Crippen LogP contribution is -2.36. The zero-order valence-corrected chi connectivity index (χ0v) is 12.9. The summed E-state index contributed by atoms with van der Waals surface area (Å²) < 4.78 is 16.5. The molecule has 0 aliphatic heterocycles. The van der Waals surface area contributed by atoms with E-state index in [1.165, 1.54) is 11.6 Å². The van der Waals surface area contributed by atoms with Crippen molar-refractivity contribution in [2.24, 2.45) is 14.1 Å². The Bertz CT molecular complexity index is 1110. The molecule has 0 spiro atoms. The molecule has 0 saturated heterocycles. The largest absolute Gasteiger partial charge is 0.439 e. The summed E-state index contributed by atoms with van der Waals surface area (Å²) in [5.41, 5.74) is 2.05. The van der Waals surface area contributed by atoms with Gasteiger partial charge in [0, 0.05) is 21.0 Å². The molecule has 5 heteroatoms. The number of furan rings is 1. The lowest BCUT2D eigenvalue weighted by Gasteiger charge is -2.11. The molecule has 2 aliphatic carbocycles. The van der Waals surface area contributed by atoms with Crippen molar-refractivity contribution in [3.05, 3.63) is 68.1 Å². The molecule has 0 aromatic carbocycles. The van der Waals surface area contributed by atoms with Crippen molar-refractivity contribution >= 4 is 22.7 Å².